The maximum atomic E-state index is 5.81. The summed E-state index contributed by atoms with van der Waals surface area (Å²) >= 11 is 0. The number of hydrogen-bond acceptors (Lipinski definition) is 4. The number of likely N-dealkylation sites (tertiary alicyclic amines) is 1. The zero-order chi connectivity index (χ0) is 15.9. The van der Waals surface area contributed by atoms with Crippen molar-refractivity contribution in [2.45, 2.75) is 25.3 Å². The molecule has 2 aliphatic rings. The Morgan fingerprint density at radius 2 is 1.70 bits per heavy atom. The van der Waals surface area contributed by atoms with E-state index in [2.05, 4.69) is 21.7 Å². The average Bonchev–Trinajstić information content (AvgIpc) is 2.59. The maximum absolute atomic E-state index is 5.81. The highest BCUT2D eigenvalue weighted by Crippen LogP contribution is 2.17. The summed E-state index contributed by atoms with van der Waals surface area (Å²) < 4.78 is 5.81. The Kier molecular flexibility index (Phi) is 6.31. The summed E-state index contributed by atoms with van der Waals surface area (Å²) in [7, 11) is 2.29. The molecule has 4 heteroatoms. The number of rotatable bonds is 6. The van der Waals surface area contributed by atoms with Gasteiger partial charge < -0.3 is 9.64 Å². The topological polar surface area (TPSA) is 19.0 Å². The average molecular weight is 317 g/mol. The quantitative estimate of drug-likeness (QED) is 0.800. The Morgan fingerprint density at radius 3 is 2.43 bits per heavy atom. The third-order valence-electron chi connectivity index (χ3n) is 5.27. The lowest BCUT2D eigenvalue weighted by Crippen LogP contribution is -2.52. The van der Waals surface area contributed by atoms with E-state index in [1.54, 1.807) is 0 Å². The Morgan fingerprint density at radius 1 is 0.957 bits per heavy atom. The molecule has 1 unspecified atom stereocenters. The molecule has 1 atom stereocenters. The number of piperazine rings is 1. The molecule has 0 spiro atoms. The fraction of sp³-hybridized carbons (Fsp3) is 0.684. The smallest absolute Gasteiger partial charge is 0.119 e. The number of nitrogens with zero attached hydrogens (tertiary/aromatic N) is 3. The van der Waals surface area contributed by atoms with Crippen molar-refractivity contribution in [2.24, 2.45) is 0 Å². The Balaban J connectivity index is 1.32. The van der Waals surface area contributed by atoms with E-state index in [1.165, 1.54) is 58.5 Å². The van der Waals surface area contributed by atoms with Crippen molar-refractivity contribution < 1.29 is 4.74 Å². The number of para-hydroxylation sites is 1. The number of benzene rings is 1. The van der Waals surface area contributed by atoms with Gasteiger partial charge in [-0.1, -0.05) is 24.6 Å². The van der Waals surface area contributed by atoms with Gasteiger partial charge in [0.25, 0.3) is 0 Å². The van der Waals surface area contributed by atoms with Gasteiger partial charge in [-0.2, -0.15) is 0 Å². The van der Waals surface area contributed by atoms with Crippen LogP contribution in [0.15, 0.2) is 30.3 Å². The molecule has 0 aromatic heterocycles. The first kappa shape index (κ1) is 16.7. The first-order valence-corrected chi connectivity index (χ1v) is 9.14. The zero-order valence-corrected chi connectivity index (χ0v) is 14.5. The van der Waals surface area contributed by atoms with Gasteiger partial charge in [0.1, 0.15) is 12.4 Å². The molecular formula is C19H31N3O. The van der Waals surface area contributed by atoms with E-state index in [4.69, 9.17) is 4.74 Å². The highest BCUT2D eigenvalue weighted by atomic mass is 16.5. The van der Waals surface area contributed by atoms with Crippen molar-refractivity contribution in [3.05, 3.63) is 30.3 Å². The molecule has 4 nitrogen and oxygen atoms in total. The number of hydrogen-bond donors (Lipinski definition) is 0. The van der Waals surface area contributed by atoms with E-state index < -0.39 is 0 Å². The molecule has 128 valence electrons. The molecule has 0 aliphatic carbocycles. The molecule has 2 saturated heterocycles. The number of likely N-dealkylation sites (N-methyl/N-ethyl adjacent to an activating group) is 1. The molecule has 0 N–H and O–H groups in total. The van der Waals surface area contributed by atoms with Crippen LogP contribution < -0.4 is 4.74 Å². The van der Waals surface area contributed by atoms with Gasteiger partial charge in [-0.05, 0) is 38.6 Å². The van der Waals surface area contributed by atoms with Gasteiger partial charge in [0.05, 0.1) is 0 Å². The van der Waals surface area contributed by atoms with Gasteiger partial charge >= 0.3 is 0 Å². The standard InChI is InChI=1S/C19H31N3O/c1-20-10-6-5-7-18(20)17-22-13-11-21(12-14-22)15-16-23-19-8-3-2-4-9-19/h2-4,8-9,18H,5-7,10-17H2,1H3. The van der Waals surface area contributed by atoms with Crippen LogP contribution >= 0.6 is 0 Å². The van der Waals surface area contributed by atoms with Crippen LogP contribution in [0.3, 0.4) is 0 Å². The second-order valence-corrected chi connectivity index (χ2v) is 6.93. The Bertz CT molecular complexity index is 445. The van der Waals surface area contributed by atoms with Crippen molar-refractivity contribution in [1.82, 2.24) is 14.7 Å². The van der Waals surface area contributed by atoms with Gasteiger partial charge in [0, 0.05) is 45.3 Å². The van der Waals surface area contributed by atoms with Crippen molar-refractivity contribution in [1.29, 1.82) is 0 Å². The van der Waals surface area contributed by atoms with E-state index in [9.17, 15) is 0 Å². The highest BCUT2D eigenvalue weighted by Gasteiger charge is 2.24. The van der Waals surface area contributed by atoms with Crippen LogP contribution in [-0.4, -0.2) is 80.2 Å². The number of ether oxygens (including phenoxy) is 1. The molecule has 2 heterocycles. The first-order valence-electron chi connectivity index (χ1n) is 9.14. The Labute approximate surface area is 141 Å². The van der Waals surface area contributed by atoms with Crippen molar-refractivity contribution >= 4 is 0 Å². The monoisotopic (exact) mass is 317 g/mol. The second kappa shape index (κ2) is 8.67. The summed E-state index contributed by atoms with van der Waals surface area (Å²) in [6.07, 6.45) is 4.16. The maximum Gasteiger partial charge on any atom is 0.119 e. The SMILES string of the molecule is CN1CCCCC1CN1CCN(CCOc2ccccc2)CC1. The van der Waals surface area contributed by atoms with Crippen LogP contribution in [0, 0.1) is 0 Å². The lowest BCUT2D eigenvalue weighted by molar-refractivity contribution is 0.0785. The third-order valence-corrected chi connectivity index (χ3v) is 5.27. The lowest BCUT2D eigenvalue weighted by atomic mass is 10.0. The fourth-order valence-electron chi connectivity index (χ4n) is 3.68. The predicted octanol–water partition coefficient (Wildman–Crippen LogP) is 2.17. The normalized spacial score (nSPS) is 24.7. The van der Waals surface area contributed by atoms with Crippen LogP contribution in [0.4, 0.5) is 0 Å². The molecule has 1 aromatic carbocycles. The largest absolute Gasteiger partial charge is 0.492 e. The molecule has 2 aliphatic heterocycles. The van der Waals surface area contributed by atoms with Crippen LogP contribution in [0.5, 0.6) is 5.75 Å². The second-order valence-electron chi connectivity index (χ2n) is 6.93. The molecule has 0 saturated carbocycles. The summed E-state index contributed by atoms with van der Waals surface area (Å²) in [4.78, 5) is 7.74. The van der Waals surface area contributed by atoms with E-state index in [0.29, 0.717) is 0 Å². The van der Waals surface area contributed by atoms with Crippen molar-refractivity contribution in [2.75, 3.05) is 59.5 Å². The molecule has 3 rings (SSSR count). The van der Waals surface area contributed by atoms with E-state index in [1.807, 2.05) is 30.3 Å². The molecule has 0 radical (unpaired) electrons. The van der Waals surface area contributed by atoms with E-state index >= 15 is 0 Å². The van der Waals surface area contributed by atoms with Crippen molar-refractivity contribution in [3.8, 4) is 5.75 Å². The first-order chi connectivity index (χ1) is 11.3. The number of piperidine rings is 1. The predicted molar refractivity (Wildman–Crippen MR) is 95.1 cm³/mol. The van der Waals surface area contributed by atoms with E-state index in [0.717, 1.165) is 24.9 Å². The van der Waals surface area contributed by atoms with Gasteiger partial charge in [0.15, 0.2) is 0 Å². The molecule has 1 aromatic rings. The minimum atomic E-state index is 0.775. The van der Waals surface area contributed by atoms with Crippen LogP contribution in [-0.2, 0) is 0 Å². The molecule has 23 heavy (non-hydrogen) atoms. The molecule has 0 amide bonds. The third kappa shape index (κ3) is 5.20. The van der Waals surface area contributed by atoms with Crippen LogP contribution in [0.25, 0.3) is 0 Å². The lowest BCUT2D eigenvalue weighted by Gasteiger charge is -2.40. The minimum absolute atomic E-state index is 0.775. The van der Waals surface area contributed by atoms with Gasteiger partial charge in [0.2, 0.25) is 0 Å². The highest BCUT2D eigenvalue weighted by molar-refractivity contribution is 5.20. The summed E-state index contributed by atoms with van der Waals surface area (Å²) in [6, 6.07) is 10.9. The Hall–Kier alpha value is -1.10. The summed E-state index contributed by atoms with van der Waals surface area (Å²) in [5.74, 6) is 0.978. The summed E-state index contributed by atoms with van der Waals surface area (Å²) in [5.41, 5.74) is 0. The molecule has 0 bridgehead atoms. The van der Waals surface area contributed by atoms with E-state index in [-0.39, 0.29) is 0 Å². The van der Waals surface area contributed by atoms with Crippen LogP contribution in [0.2, 0.25) is 0 Å². The van der Waals surface area contributed by atoms with Gasteiger partial charge in [-0.25, -0.2) is 0 Å². The molecular weight excluding hydrogens is 286 g/mol. The van der Waals surface area contributed by atoms with Gasteiger partial charge in [-0.3, -0.25) is 9.80 Å². The molecule has 2 fully saturated rings. The summed E-state index contributed by atoms with van der Waals surface area (Å²) in [5, 5.41) is 0. The van der Waals surface area contributed by atoms with Crippen molar-refractivity contribution in [3.63, 3.8) is 0 Å². The fourth-order valence-corrected chi connectivity index (χ4v) is 3.68. The summed E-state index contributed by atoms with van der Waals surface area (Å²) in [6.45, 7) is 9.11. The van der Waals surface area contributed by atoms with Crippen LogP contribution in [0.1, 0.15) is 19.3 Å². The van der Waals surface area contributed by atoms with Gasteiger partial charge in [-0.15, -0.1) is 0 Å². The minimum Gasteiger partial charge on any atom is -0.492 e. The zero-order valence-electron chi connectivity index (χ0n) is 14.5.